The van der Waals surface area contributed by atoms with E-state index in [-0.39, 0.29) is 11.5 Å². The second-order valence-electron chi connectivity index (χ2n) is 6.10. The molecule has 25 heavy (non-hydrogen) atoms. The quantitative estimate of drug-likeness (QED) is 0.264. The third kappa shape index (κ3) is 2.86. The van der Waals surface area contributed by atoms with Gasteiger partial charge >= 0.3 is 0 Å². The van der Waals surface area contributed by atoms with Crippen LogP contribution >= 0.6 is 0 Å². The molecule has 3 rings (SSSR count). The van der Waals surface area contributed by atoms with Gasteiger partial charge in [-0.25, -0.2) is 10.1 Å². The van der Waals surface area contributed by atoms with Crippen molar-refractivity contribution in [3.8, 4) is 17.2 Å². The molecule has 2 aromatic carbocycles. The molecule has 0 radical (unpaired) electrons. The molecular weight excluding hydrogens is 308 g/mol. The summed E-state index contributed by atoms with van der Waals surface area (Å²) in [6, 6.07) is 15.3. The zero-order chi connectivity index (χ0) is 17.8. The summed E-state index contributed by atoms with van der Waals surface area (Å²) in [6.45, 7) is 9.45. The molecule has 3 nitrogen and oxygen atoms in total. The van der Waals surface area contributed by atoms with Gasteiger partial charge in [-0.15, -0.1) is 0 Å². The van der Waals surface area contributed by atoms with E-state index < -0.39 is 0 Å². The van der Waals surface area contributed by atoms with Crippen LogP contribution in [0.15, 0.2) is 48.2 Å². The van der Waals surface area contributed by atoms with Crippen molar-refractivity contribution in [1.82, 2.24) is 0 Å². The van der Waals surface area contributed by atoms with Crippen LogP contribution < -0.4 is 0 Å². The molecule has 0 saturated heterocycles. The highest BCUT2D eigenvalue weighted by Gasteiger charge is 2.29. The number of carbonyl (C=O) groups excluding carboxylic acids is 1. The Labute approximate surface area is 148 Å². The Hall–Kier alpha value is -3.17. The van der Waals surface area contributed by atoms with Gasteiger partial charge in [-0.1, -0.05) is 62.2 Å². The summed E-state index contributed by atoms with van der Waals surface area (Å²) >= 11 is 0. The zero-order valence-electron chi connectivity index (χ0n) is 14.2. The van der Waals surface area contributed by atoms with Crippen LogP contribution in [0.1, 0.15) is 54.1 Å². The molecule has 0 saturated carbocycles. The number of hydrogen-bond donors (Lipinski definition) is 0. The molecule has 122 valence electrons. The molecule has 0 unspecified atom stereocenters. The summed E-state index contributed by atoms with van der Waals surface area (Å²) in [6.07, 6.45) is 3.53. The Balaban J connectivity index is 2.21. The van der Waals surface area contributed by atoms with Gasteiger partial charge in [0.1, 0.15) is 0 Å². The van der Waals surface area contributed by atoms with E-state index in [0.717, 1.165) is 41.5 Å². The SMILES string of the molecule is [C-]#[N+]C(C#N)=C1c2ccccc2-c2c(C(=O)CCCCC)cccc21. The van der Waals surface area contributed by atoms with Gasteiger partial charge in [0.2, 0.25) is 0 Å². The van der Waals surface area contributed by atoms with E-state index in [2.05, 4.69) is 11.8 Å². The number of nitrogens with zero attached hydrogens (tertiary/aromatic N) is 2. The normalized spacial score (nSPS) is 13.4. The Morgan fingerprint density at radius 3 is 2.48 bits per heavy atom. The van der Waals surface area contributed by atoms with Crippen molar-refractivity contribution in [2.24, 2.45) is 0 Å². The number of nitriles is 1. The van der Waals surface area contributed by atoms with E-state index in [9.17, 15) is 10.1 Å². The number of Topliss-reactive ketones (excluding diaryl/α,β-unsaturated/α-hetero) is 1. The van der Waals surface area contributed by atoms with E-state index in [4.69, 9.17) is 6.57 Å². The maximum absolute atomic E-state index is 12.8. The minimum atomic E-state index is 0.0711. The minimum Gasteiger partial charge on any atom is -0.294 e. The number of hydrogen-bond acceptors (Lipinski definition) is 2. The van der Waals surface area contributed by atoms with Gasteiger partial charge in [0.05, 0.1) is 12.6 Å². The molecule has 3 heteroatoms. The first-order valence-electron chi connectivity index (χ1n) is 8.51. The van der Waals surface area contributed by atoms with Crippen LogP contribution in [0.4, 0.5) is 0 Å². The van der Waals surface area contributed by atoms with Crippen molar-refractivity contribution in [1.29, 1.82) is 5.26 Å². The van der Waals surface area contributed by atoms with Gasteiger partial charge in [-0.3, -0.25) is 4.79 Å². The second kappa shape index (κ2) is 7.16. The topological polar surface area (TPSA) is 45.2 Å². The Morgan fingerprint density at radius 2 is 1.80 bits per heavy atom. The lowest BCUT2D eigenvalue weighted by Crippen LogP contribution is -2.02. The van der Waals surface area contributed by atoms with Crippen LogP contribution in [0.25, 0.3) is 21.5 Å². The van der Waals surface area contributed by atoms with Crippen LogP contribution in [0.5, 0.6) is 0 Å². The van der Waals surface area contributed by atoms with E-state index in [1.807, 2.05) is 48.5 Å². The van der Waals surface area contributed by atoms with Crippen molar-refractivity contribution in [2.45, 2.75) is 32.6 Å². The van der Waals surface area contributed by atoms with Gasteiger partial charge < -0.3 is 0 Å². The summed E-state index contributed by atoms with van der Waals surface area (Å²) in [4.78, 5) is 16.2. The summed E-state index contributed by atoms with van der Waals surface area (Å²) in [5, 5.41) is 9.37. The van der Waals surface area contributed by atoms with Gasteiger partial charge in [0, 0.05) is 17.6 Å². The third-order valence-electron chi connectivity index (χ3n) is 4.56. The first-order chi connectivity index (χ1) is 12.2. The van der Waals surface area contributed by atoms with Gasteiger partial charge in [0.25, 0.3) is 5.70 Å². The van der Waals surface area contributed by atoms with E-state index in [1.165, 1.54) is 0 Å². The Kier molecular flexibility index (Phi) is 4.78. The van der Waals surface area contributed by atoms with Crippen molar-refractivity contribution in [3.63, 3.8) is 0 Å². The zero-order valence-corrected chi connectivity index (χ0v) is 14.2. The highest BCUT2D eigenvalue weighted by Crippen LogP contribution is 2.47. The van der Waals surface area contributed by atoms with E-state index >= 15 is 0 Å². The number of unbranched alkanes of at least 4 members (excludes halogenated alkanes) is 2. The van der Waals surface area contributed by atoms with Crippen LogP contribution in [0, 0.1) is 17.9 Å². The highest BCUT2D eigenvalue weighted by molar-refractivity contribution is 6.12. The number of benzene rings is 2. The number of rotatable bonds is 5. The van der Waals surface area contributed by atoms with Gasteiger partial charge in [-0.2, -0.15) is 0 Å². The molecule has 0 fully saturated rings. The van der Waals surface area contributed by atoms with E-state index in [0.29, 0.717) is 17.6 Å². The van der Waals surface area contributed by atoms with Gasteiger partial charge in [0.15, 0.2) is 5.78 Å². The van der Waals surface area contributed by atoms with Gasteiger partial charge in [-0.05, 0) is 28.7 Å². The molecule has 0 atom stereocenters. The fourth-order valence-corrected chi connectivity index (χ4v) is 3.41. The molecular formula is C22H18N2O. The van der Waals surface area contributed by atoms with Crippen molar-refractivity contribution >= 4 is 11.4 Å². The number of carbonyl (C=O) groups is 1. The standard InChI is InChI=1S/C22H18N2O/c1-3-4-5-13-20(25)17-11-8-12-18-21(17)15-9-6-7-10-16(15)22(18)19(14-23)24-2/h6-12H,3-5,13H2,1H3. The fourth-order valence-electron chi connectivity index (χ4n) is 3.41. The lowest BCUT2D eigenvalue weighted by Gasteiger charge is -2.09. The Bertz CT molecular complexity index is 939. The smallest absolute Gasteiger partial charge is 0.270 e. The molecule has 0 aromatic heterocycles. The molecule has 1 aliphatic carbocycles. The number of allylic oxidation sites excluding steroid dienone is 1. The van der Waals surface area contributed by atoms with Crippen molar-refractivity contribution < 1.29 is 4.79 Å². The predicted octanol–water partition coefficient (Wildman–Crippen LogP) is 5.63. The molecule has 0 heterocycles. The molecule has 0 amide bonds. The second-order valence-corrected chi connectivity index (χ2v) is 6.10. The minimum absolute atomic E-state index is 0.0711. The molecule has 2 aromatic rings. The first kappa shape index (κ1) is 16.7. The van der Waals surface area contributed by atoms with Crippen LogP contribution in [0.3, 0.4) is 0 Å². The lowest BCUT2D eigenvalue weighted by atomic mass is 9.94. The summed E-state index contributed by atoms with van der Waals surface area (Å²) < 4.78 is 0. The largest absolute Gasteiger partial charge is 0.294 e. The first-order valence-corrected chi connectivity index (χ1v) is 8.51. The van der Waals surface area contributed by atoms with Crippen molar-refractivity contribution in [3.05, 3.63) is 76.3 Å². The van der Waals surface area contributed by atoms with E-state index in [1.54, 1.807) is 0 Å². The fraction of sp³-hybridized carbons (Fsp3) is 0.227. The average molecular weight is 326 g/mol. The summed E-state index contributed by atoms with van der Waals surface area (Å²) in [5.74, 6) is 0.127. The highest BCUT2D eigenvalue weighted by atomic mass is 16.1. The molecule has 1 aliphatic rings. The van der Waals surface area contributed by atoms with Crippen molar-refractivity contribution in [2.75, 3.05) is 0 Å². The monoisotopic (exact) mass is 326 g/mol. The average Bonchev–Trinajstić information content (AvgIpc) is 2.98. The third-order valence-corrected chi connectivity index (χ3v) is 4.56. The molecule has 0 bridgehead atoms. The van der Waals surface area contributed by atoms with Crippen LogP contribution in [0.2, 0.25) is 0 Å². The molecule has 0 aliphatic heterocycles. The molecule has 0 spiro atoms. The predicted molar refractivity (Wildman–Crippen MR) is 98.6 cm³/mol. The number of fused-ring (bicyclic) bond motifs is 3. The molecule has 0 N–H and O–H groups in total. The number of ketones is 1. The summed E-state index contributed by atoms with van der Waals surface area (Å²) in [7, 11) is 0. The Morgan fingerprint density at radius 1 is 1.08 bits per heavy atom. The lowest BCUT2D eigenvalue weighted by molar-refractivity contribution is 0.0980. The summed E-state index contributed by atoms with van der Waals surface area (Å²) in [5.41, 5.74) is 4.88. The maximum atomic E-state index is 12.8. The maximum Gasteiger partial charge on any atom is 0.270 e. The van der Waals surface area contributed by atoms with Crippen LogP contribution in [-0.2, 0) is 0 Å². The van der Waals surface area contributed by atoms with Crippen LogP contribution in [-0.4, -0.2) is 5.78 Å².